The van der Waals surface area contributed by atoms with Gasteiger partial charge in [0.05, 0.1) is 16.1 Å². The summed E-state index contributed by atoms with van der Waals surface area (Å²) in [4.78, 5) is 3.04. The topological polar surface area (TPSA) is 20.7 Å². The standard InChI is InChI=1S/C13H7BrClFN2S/c14-7-4-5-11-10(6-7)17-13(19)18(11)12-8(15)2-1-3-9(12)16/h1-6H,(H,17,19). The summed E-state index contributed by atoms with van der Waals surface area (Å²) in [6.07, 6.45) is 0. The zero-order valence-electron chi connectivity index (χ0n) is 9.45. The Kier molecular flexibility index (Phi) is 3.20. The fourth-order valence-corrected chi connectivity index (χ4v) is 2.92. The monoisotopic (exact) mass is 356 g/mol. The van der Waals surface area contributed by atoms with Crippen molar-refractivity contribution in [1.29, 1.82) is 0 Å². The van der Waals surface area contributed by atoms with Crippen LogP contribution < -0.4 is 0 Å². The van der Waals surface area contributed by atoms with E-state index in [4.69, 9.17) is 23.8 Å². The van der Waals surface area contributed by atoms with Crippen LogP contribution in [0.4, 0.5) is 4.39 Å². The number of benzene rings is 2. The normalized spacial score (nSPS) is 11.1. The largest absolute Gasteiger partial charge is 0.330 e. The number of hydrogen-bond acceptors (Lipinski definition) is 1. The van der Waals surface area contributed by atoms with E-state index in [0.29, 0.717) is 9.79 Å². The molecule has 0 aliphatic heterocycles. The van der Waals surface area contributed by atoms with Gasteiger partial charge in [-0.05, 0) is 42.5 Å². The smallest absolute Gasteiger partial charge is 0.182 e. The van der Waals surface area contributed by atoms with E-state index in [2.05, 4.69) is 20.9 Å². The Hall–Kier alpha value is -1.17. The Labute approximate surface area is 127 Å². The van der Waals surface area contributed by atoms with E-state index < -0.39 is 5.82 Å². The second-order valence-corrected chi connectivity index (χ2v) is 5.71. The van der Waals surface area contributed by atoms with Gasteiger partial charge in [0.1, 0.15) is 11.5 Å². The van der Waals surface area contributed by atoms with Gasteiger partial charge in [-0.2, -0.15) is 0 Å². The van der Waals surface area contributed by atoms with Crippen LogP contribution in [0.3, 0.4) is 0 Å². The fraction of sp³-hybridized carbons (Fsp3) is 0. The van der Waals surface area contributed by atoms with Crippen molar-refractivity contribution < 1.29 is 4.39 Å². The van der Waals surface area contributed by atoms with Crippen molar-refractivity contribution in [2.75, 3.05) is 0 Å². The number of aromatic nitrogens is 2. The van der Waals surface area contributed by atoms with Crippen molar-refractivity contribution in [2.45, 2.75) is 0 Å². The minimum atomic E-state index is -0.410. The quantitative estimate of drug-likeness (QED) is 0.590. The molecule has 0 aliphatic rings. The lowest BCUT2D eigenvalue weighted by Crippen LogP contribution is -1.98. The van der Waals surface area contributed by atoms with Gasteiger partial charge in [0.2, 0.25) is 0 Å². The molecule has 0 radical (unpaired) electrons. The minimum Gasteiger partial charge on any atom is -0.330 e. The van der Waals surface area contributed by atoms with E-state index >= 15 is 0 Å². The number of halogens is 3. The number of nitrogens with one attached hydrogen (secondary N) is 1. The van der Waals surface area contributed by atoms with Crippen molar-refractivity contribution in [3.8, 4) is 5.69 Å². The highest BCUT2D eigenvalue weighted by atomic mass is 79.9. The Morgan fingerprint density at radius 3 is 2.79 bits per heavy atom. The number of H-pyrrole nitrogens is 1. The summed E-state index contributed by atoms with van der Waals surface area (Å²) in [5, 5.41) is 0.319. The fourth-order valence-electron chi connectivity index (χ4n) is 2.01. The van der Waals surface area contributed by atoms with Crippen LogP contribution in [0.15, 0.2) is 40.9 Å². The van der Waals surface area contributed by atoms with Crippen LogP contribution in [0.5, 0.6) is 0 Å². The highest BCUT2D eigenvalue weighted by molar-refractivity contribution is 9.10. The first-order valence-corrected chi connectivity index (χ1v) is 7.00. The molecule has 0 aliphatic carbocycles. The number of hydrogen-bond donors (Lipinski definition) is 1. The zero-order chi connectivity index (χ0) is 13.6. The van der Waals surface area contributed by atoms with Gasteiger partial charge in [0, 0.05) is 4.47 Å². The van der Waals surface area contributed by atoms with Crippen LogP contribution in [-0.4, -0.2) is 9.55 Å². The number of aromatic amines is 1. The van der Waals surface area contributed by atoms with Crippen molar-refractivity contribution in [1.82, 2.24) is 9.55 Å². The zero-order valence-corrected chi connectivity index (χ0v) is 12.6. The molecule has 3 aromatic rings. The first-order valence-electron chi connectivity index (χ1n) is 5.42. The lowest BCUT2D eigenvalue weighted by Gasteiger charge is -2.08. The third kappa shape index (κ3) is 2.12. The molecule has 96 valence electrons. The summed E-state index contributed by atoms with van der Waals surface area (Å²) in [6.45, 7) is 0. The maximum atomic E-state index is 14.0. The molecule has 0 unspecified atom stereocenters. The van der Waals surface area contributed by atoms with Gasteiger partial charge < -0.3 is 4.98 Å². The molecular formula is C13H7BrClFN2S. The maximum absolute atomic E-state index is 14.0. The molecule has 19 heavy (non-hydrogen) atoms. The third-order valence-corrected chi connectivity index (χ3v) is 3.89. The molecule has 0 spiro atoms. The lowest BCUT2D eigenvalue weighted by molar-refractivity contribution is 0.619. The predicted molar refractivity (Wildman–Crippen MR) is 81.1 cm³/mol. The van der Waals surface area contributed by atoms with E-state index in [1.165, 1.54) is 6.07 Å². The van der Waals surface area contributed by atoms with Gasteiger partial charge in [-0.15, -0.1) is 0 Å². The molecule has 2 nitrogen and oxygen atoms in total. The molecule has 0 atom stereocenters. The predicted octanol–water partition coefficient (Wildman–Crippen LogP) is 5.24. The van der Waals surface area contributed by atoms with E-state index in [0.717, 1.165) is 15.5 Å². The molecule has 0 saturated carbocycles. The Morgan fingerprint density at radius 1 is 1.26 bits per heavy atom. The number of para-hydroxylation sites is 1. The van der Waals surface area contributed by atoms with Crippen LogP contribution in [0, 0.1) is 10.6 Å². The number of fused-ring (bicyclic) bond motifs is 1. The van der Waals surface area contributed by atoms with E-state index in [1.807, 2.05) is 18.2 Å². The number of imidazole rings is 1. The van der Waals surface area contributed by atoms with Gasteiger partial charge in [-0.25, -0.2) is 4.39 Å². The van der Waals surface area contributed by atoms with E-state index in [-0.39, 0.29) is 5.69 Å². The molecule has 1 N–H and O–H groups in total. The van der Waals surface area contributed by atoms with Crippen LogP contribution in [0.2, 0.25) is 5.02 Å². The molecular weight excluding hydrogens is 351 g/mol. The van der Waals surface area contributed by atoms with Gasteiger partial charge in [-0.3, -0.25) is 4.57 Å². The molecule has 0 fully saturated rings. The average molecular weight is 358 g/mol. The maximum Gasteiger partial charge on any atom is 0.182 e. The van der Waals surface area contributed by atoms with Gasteiger partial charge in [0.15, 0.2) is 4.77 Å². The molecule has 0 amide bonds. The second kappa shape index (κ2) is 4.74. The lowest BCUT2D eigenvalue weighted by atomic mass is 10.2. The third-order valence-electron chi connectivity index (χ3n) is 2.81. The molecule has 0 saturated heterocycles. The van der Waals surface area contributed by atoms with Gasteiger partial charge in [-0.1, -0.05) is 33.6 Å². The van der Waals surface area contributed by atoms with Crippen LogP contribution in [-0.2, 0) is 0 Å². The summed E-state index contributed by atoms with van der Waals surface area (Å²) in [5.41, 5.74) is 1.86. The number of nitrogens with zero attached hydrogens (tertiary/aromatic N) is 1. The van der Waals surface area contributed by atoms with Crippen LogP contribution >= 0.6 is 39.7 Å². The minimum absolute atomic E-state index is 0.266. The van der Waals surface area contributed by atoms with Crippen molar-refractivity contribution in [3.05, 3.63) is 56.5 Å². The molecule has 0 bridgehead atoms. The van der Waals surface area contributed by atoms with Crippen LogP contribution in [0.25, 0.3) is 16.7 Å². The molecule has 2 aromatic carbocycles. The molecule has 3 rings (SSSR count). The van der Waals surface area contributed by atoms with Crippen molar-refractivity contribution in [2.24, 2.45) is 0 Å². The number of rotatable bonds is 1. The summed E-state index contributed by atoms with van der Waals surface area (Å²) in [6, 6.07) is 10.2. The first kappa shape index (κ1) is 12.8. The SMILES string of the molecule is Fc1cccc(Cl)c1-n1c(=S)[nH]c2cc(Br)ccc21. The molecule has 6 heteroatoms. The Balaban J connectivity index is 2.43. The van der Waals surface area contributed by atoms with Crippen LogP contribution in [0.1, 0.15) is 0 Å². The molecule has 1 aromatic heterocycles. The average Bonchev–Trinajstić information content (AvgIpc) is 2.65. The second-order valence-electron chi connectivity index (χ2n) is 4.00. The van der Waals surface area contributed by atoms with Gasteiger partial charge in [0.25, 0.3) is 0 Å². The summed E-state index contributed by atoms with van der Waals surface area (Å²) in [7, 11) is 0. The molecule has 1 heterocycles. The highest BCUT2D eigenvalue weighted by Gasteiger charge is 2.14. The Bertz CT molecular complexity index is 820. The first-order chi connectivity index (χ1) is 9.08. The summed E-state index contributed by atoms with van der Waals surface area (Å²) < 4.78 is 17.0. The van der Waals surface area contributed by atoms with E-state index in [1.54, 1.807) is 16.7 Å². The van der Waals surface area contributed by atoms with Crippen molar-refractivity contribution in [3.63, 3.8) is 0 Å². The Morgan fingerprint density at radius 2 is 2.05 bits per heavy atom. The van der Waals surface area contributed by atoms with Gasteiger partial charge >= 0.3 is 0 Å². The summed E-state index contributed by atoms with van der Waals surface area (Å²) >= 11 is 14.7. The van der Waals surface area contributed by atoms with E-state index in [9.17, 15) is 4.39 Å². The van der Waals surface area contributed by atoms with Crippen molar-refractivity contribution >= 4 is 50.8 Å². The highest BCUT2D eigenvalue weighted by Crippen LogP contribution is 2.28. The summed E-state index contributed by atoms with van der Waals surface area (Å²) in [5.74, 6) is -0.410.